The third-order valence-corrected chi connectivity index (χ3v) is 3.32. The number of nitrogens with one attached hydrogen (secondary N) is 1. The van der Waals surface area contributed by atoms with Gasteiger partial charge in [0, 0.05) is 25.2 Å². The smallest absolute Gasteiger partial charge is 0.0622 e. The largest absolute Gasteiger partial charge is 0.378 e. The highest BCUT2D eigenvalue weighted by Gasteiger charge is 2.23. The summed E-state index contributed by atoms with van der Waals surface area (Å²) in [6.07, 6.45) is 3.72. The molecule has 0 amide bonds. The molecule has 0 spiro atoms. The van der Waals surface area contributed by atoms with Gasteiger partial charge in [0.2, 0.25) is 0 Å². The summed E-state index contributed by atoms with van der Waals surface area (Å²) in [7, 11) is 2.07. The van der Waals surface area contributed by atoms with E-state index in [-0.39, 0.29) is 0 Å². The highest BCUT2D eigenvalue weighted by Crippen LogP contribution is 2.11. The molecule has 1 aliphatic rings. The average molecular weight is 214 g/mol. The first kappa shape index (κ1) is 12.9. The van der Waals surface area contributed by atoms with Crippen molar-refractivity contribution >= 4 is 0 Å². The normalized spacial score (nSPS) is 25.4. The van der Waals surface area contributed by atoms with Gasteiger partial charge in [-0.15, -0.1) is 0 Å². The lowest BCUT2D eigenvalue weighted by molar-refractivity contribution is -0.0126. The van der Waals surface area contributed by atoms with Gasteiger partial charge in [-0.2, -0.15) is 0 Å². The minimum absolute atomic E-state index is 0.631. The predicted molar refractivity (Wildman–Crippen MR) is 64.2 cm³/mol. The molecule has 90 valence electrons. The number of hydrogen-bond donors (Lipinski definition) is 1. The van der Waals surface area contributed by atoms with E-state index in [1.54, 1.807) is 0 Å². The Morgan fingerprint density at radius 1 is 1.47 bits per heavy atom. The van der Waals surface area contributed by atoms with E-state index >= 15 is 0 Å². The van der Waals surface area contributed by atoms with Gasteiger partial charge in [0.05, 0.1) is 13.2 Å². The minimum atomic E-state index is 0.631. The second-order valence-corrected chi connectivity index (χ2v) is 4.41. The van der Waals surface area contributed by atoms with Crippen molar-refractivity contribution in [3.8, 4) is 0 Å². The van der Waals surface area contributed by atoms with E-state index in [0.29, 0.717) is 12.1 Å². The minimum Gasteiger partial charge on any atom is -0.378 e. The molecule has 0 aromatic carbocycles. The van der Waals surface area contributed by atoms with Gasteiger partial charge in [0.1, 0.15) is 0 Å². The fourth-order valence-corrected chi connectivity index (χ4v) is 2.26. The summed E-state index contributed by atoms with van der Waals surface area (Å²) >= 11 is 0. The molecule has 0 aromatic rings. The quantitative estimate of drug-likeness (QED) is 0.725. The topological polar surface area (TPSA) is 24.5 Å². The number of hydrogen-bond acceptors (Lipinski definition) is 3. The summed E-state index contributed by atoms with van der Waals surface area (Å²) < 4.78 is 5.52. The molecular formula is C12H26N2O. The SMILES string of the molecule is CCCC(CN1CCOCC1CC)NC. The molecule has 0 bridgehead atoms. The van der Waals surface area contributed by atoms with Gasteiger partial charge in [0.25, 0.3) is 0 Å². The summed E-state index contributed by atoms with van der Waals surface area (Å²) in [5.41, 5.74) is 0. The molecule has 1 heterocycles. The molecule has 1 fully saturated rings. The van der Waals surface area contributed by atoms with Gasteiger partial charge in [-0.1, -0.05) is 20.3 Å². The van der Waals surface area contributed by atoms with E-state index in [9.17, 15) is 0 Å². The van der Waals surface area contributed by atoms with Gasteiger partial charge >= 0.3 is 0 Å². The molecular weight excluding hydrogens is 188 g/mol. The van der Waals surface area contributed by atoms with Crippen LogP contribution >= 0.6 is 0 Å². The van der Waals surface area contributed by atoms with E-state index in [4.69, 9.17) is 4.74 Å². The van der Waals surface area contributed by atoms with Gasteiger partial charge < -0.3 is 10.1 Å². The number of rotatable bonds is 6. The summed E-state index contributed by atoms with van der Waals surface area (Å²) in [5.74, 6) is 0. The zero-order chi connectivity index (χ0) is 11.1. The van der Waals surface area contributed by atoms with Crippen LogP contribution in [0.4, 0.5) is 0 Å². The monoisotopic (exact) mass is 214 g/mol. The molecule has 2 atom stereocenters. The first-order valence-corrected chi connectivity index (χ1v) is 6.30. The van der Waals surface area contributed by atoms with Crippen molar-refractivity contribution in [3.05, 3.63) is 0 Å². The lowest BCUT2D eigenvalue weighted by Crippen LogP contribution is -2.50. The highest BCUT2D eigenvalue weighted by atomic mass is 16.5. The molecule has 3 heteroatoms. The Kier molecular flexibility index (Phi) is 6.22. The molecule has 1 rings (SSSR count). The molecule has 1 aliphatic heterocycles. The van der Waals surface area contributed by atoms with E-state index in [1.807, 2.05) is 0 Å². The summed E-state index contributed by atoms with van der Waals surface area (Å²) in [6, 6.07) is 1.27. The molecule has 1 N–H and O–H groups in total. The molecule has 0 aliphatic carbocycles. The van der Waals surface area contributed by atoms with Crippen LogP contribution in [0.1, 0.15) is 33.1 Å². The van der Waals surface area contributed by atoms with Crippen LogP contribution in [0, 0.1) is 0 Å². The lowest BCUT2D eigenvalue weighted by Gasteiger charge is -2.37. The number of ether oxygens (including phenoxy) is 1. The Morgan fingerprint density at radius 3 is 2.87 bits per heavy atom. The molecule has 15 heavy (non-hydrogen) atoms. The average Bonchev–Trinajstić information content (AvgIpc) is 2.29. The molecule has 0 aromatic heterocycles. The lowest BCUT2D eigenvalue weighted by atomic mass is 10.1. The van der Waals surface area contributed by atoms with Gasteiger partial charge in [-0.25, -0.2) is 0 Å². The molecule has 0 saturated carbocycles. The van der Waals surface area contributed by atoms with Crippen LogP contribution in [0.3, 0.4) is 0 Å². The highest BCUT2D eigenvalue weighted by molar-refractivity contribution is 4.78. The zero-order valence-electron chi connectivity index (χ0n) is 10.5. The van der Waals surface area contributed by atoms with Crippen molar-refractivity contribution in [1.29, 1.82) is 0 Å². The van der Waals surface area contributed by atoms with Crippen LogP contribution in [-0.2, 0) is 4.74 Å². The molecule has 0 radical (unpaired) electrons. The summed E-state index contributed by atoms with van der Waals surface area (Å²) in [4.78, 5) is 2.58. The Morgan fingerprint density at radius 2 is 2.27 bits per heavy atom. The molecule has 2 unspecified atom stereocenters. The van der Waals surface area contributed by atoms with E-state index < -0.39 is 0 Å². The van der Waals surface area contributed by atoms with Crippen LogP contribution in [0.15, 0.2) is 0 Å². The van der Waals surface area contributed by atoms with Crippen molar-refractivity contribution in [2.75, 3.05) is 33.4 Å². The van der Waals surface area contributed by atoms with E-state index in [0.717, 1.165) is 19.8 Å². The van der Waals surface area contributed by atoms with Gasteiger partial charge in [-0.3, -0.25) is 4.90 Å². The first-order chi connectivity index (χ1) is 7.31. The number of likely N-dealkylation sites (N-methyl/N-ethyl adjacent to an activating group) is 1. The Hall–Kier alpha value is -0.120. The van der Waals surface area contributed by atoms with Gasteiger partial charge in [0.15, 0.2) is 0 Å². The third-order valence-electron chi connectivity index (χ3n) is 3.32. The number of nitrogens with zero attached hydrogens (tertiary/aromatic N) is 1. The van der Waals surface area contributed by atoms with Gasteiger partial charge in [-0.05, 0) is 19.9 Å². The summed E-state index contributed by atoms with van der Waals surface area (Å²) in [6.45, 7) is 8.59. The predicted octanol–water partition coefficient (Wildman–Crippen LogP) is 1.49. The standard InChI is InChI=1S/C12H26N2O/c1-4-6-11(13-3)9-14-7-8-15-10-12(14)5-2/h11-13H,4-10H2,1-3H3. The van der Waals surface area contributed by atoms with Crippen molar-refractivity contribution in [3.63, 3.8) is 0 Å². The van der Waals surface area contributed by atoms with Crippen LogP contribution in [-0.4, -0.2) is 50.3 Å². The van der Waals surface area contributed by atoms with Crippen molar-refractivity contribution in [2.24, 2.45) is 0 Å². The molecule has 3 nitrogen and oxygen atoms in total. The fraction of sp³-hybridized carbons (Fsp3) is 1.00. The summed E-state index contributed by atoms with van der Waals surface area (Å²) in [5, 5.41) is 3.41. The maximum atomic E-state index is 5.52. The maximum Gasteiger partial charge on any atom is 0.0622 e. The van der Waals surface area contributed by atoms with Crippen molar-refractivity contribution in [1.82, 2.24) is 10.2 Å². The Bertz CT molecular complexity index is 164. The number of morpholine rings is 1. The molecule has 1 saturated heterocycles. The second-order valence-electron chi connectivity index (χ2n) is 4.41. The van der Waals surface area contributed by atoms with Crippen LogP contribution in [0.5, 0.6) is 0 Å². The van der Waals surface area contributed by atoms with E-state index in [2.05, 4.69) is 31.1 Å². The Balaban J connectivity index is 2.38. The maximum absolute atomic E-state index is 5.52. The van der Waals surface area contributed by atoms with E-state index in [1.165, 1.54) is 25.8 Å². The van der Waals surface area contributed by atoms with Crippen LogP contribution in [0.25, 0.3) is 0 Å². The van der Waals surface area contributed by atoms with Crippen molar-refractivity contribution < 1.29 is 4.74 Å². The van der Waals surface area contributed by atoms with Crippen LogP contribution < -0.4 is 5.32 Å². The second kappa shape index (κ2) is 7.20. The van der Waals surface area contributed by atoms with Crippen LogP contribution in [0.2, 0.25) is 0 Å². The van der Waals surface area contributed by atoms with Crippen molar-refractivity contribution in [2.45, 2.75) is 45.2 Å². The zero-order valence-corrected chi connectivity index (χ0v) is 10.5. The first-order valence-electron chi connectivity index (χ1n) is 6.30. The third kappa shape index (κ3) is 4.09. The fourth-order valence-electron chi connectivity index (χ4n) is 2.26. The Labute approximate surface area is 94.2 Å².